The van der Waals surface area contributed by atoms with Gasteiger partial charge in [0, 0.05) is 59.4 Å². The van der Waals surface area contributed by atoms with Crippen molar-refractivity contribution in [2.75, 3.05) is 0 Å². The normalized spacial score (nSPS) is 15.8. The highest BCUT2D eigenvalue weighted by molar-refractivity contribution is 7.25. The molecule has 12 aromatic rings. The van der Waals surface area contributed by atoms with Crippen molar-refractivity contribution in [3.8, 4) is 55.6 Å². The third-order valence-electron chi connectivity index (χ3n) is 14.2. The zero-order valence-electron chi connectivity index (χ0n) is 39.2. The summed E-state index contributed by atoms with van der Waals surface area (Å²) in [5, 5.41) is 8.67. The van der Waals surface area contributed by atoms with Crippen molar-refractivity contribution >= 4 is 64.9 Å². The Morgan fingerprint density at radius 3 is 1.66 bits per heavy atom. The Labute approximate surface area is 417 Å². The van der Waals surface area contributed by atoms with Gasteiger partial charge in [-0.1, -0.05) is 213 Å². The number of fused-ring (bicyclic) bond motifs is 6. The van der Waals surface area contributed by atoms with Crippen molar-refractivity contribution < 1.29 is 4.42 Å². The van der Waals surface area contributed by atoms with Gasteiger partial charge in [-0.2, -0.15) is 0 Å². The fourth-order valence-corrected chi connectivity index (χ4v) is 11.7. The molecular weight excluding hydrogens is 881 g/mol. The van der Waals surface area contributed by atoms with Crippen molar-refractivity contribution in [3.63, 3.8) is 0 Å². The summed E-state index contributed by atoms with van der Waals surface area (Å²) < 4.78 is 9.53. The van der Waals surface area contributed by atoms with Gasteiger partial charge in [-0.15, -0.1) is 11.3 Å². The van der Waals surface area contributed by atoms with Crippen LogP contribution in [0.15, 0.2) is 252 Å². The number of allylic oxidation sites excluding steroid dienone is 1. The molecule has 0 aliphatic carbocycles. The van der Waals surface area contributed by atoms with E-state index >= 15 is 0 Å². The topological polar surface area (TPSA) is 37.5 Å². The first-order chi connectivity index (χ1) is 35.1. The summed E-state index contributed by atoms with van der Waals surface area (Å²) in [4.78, 5) is 5.51. The molecule has 4 heteroatoms. The smallest absolute Gasteiger partial charge is 0.145 e. The summed E-state index contributed by atoms with van der Waals surface area (Å²) in [6, 6.07) is 85.2. The zero-order valence-corrected chi connectivity index (χ0v) is 40.0. The Bertz CT molecular complexity index is 3960. The van der Waals surface area contributed by atoms with Gasteiger partial charge in [0.15, 0.2) is 0 Å². The fraction of sp³-hybridized carbons (Fsp3) is 0.0597. The number of nitrogens with one attached hydrogen (secondary N) is 1. The van der Waals surface area contributed by atoms with Gasteiger partial charge < -0.3 is 9.73 Å². The lowest BCUT2D eigenvalue weighted by Gasteiger charge is -2.26. The molecule has 3 heterocycles. The number of rotatable bonds is 8. The van der Waals surface area contributed by atoms with E-state index in [1.165, 1.54) is 53.6 Å². The highest BCUT2D eigenvalue weighted by atomic mass is 32.1. The molecule has 3 nitrogen and oxygen atoms in total. The number of benzene rings is 10. The first-order valence-corrected chi connectivity index (χ1v) is 25.3. The molecule has 1 N–H and O–H groups in total. The number of thiophene rings is 1. The van der Waals surface area contributed by atoms with Gasteiger partial charge in [-0.25, -0.2) is 0 Å². The lowest BCUT2D eigenvalue weighted by Crippen LogP contribution is -2.25. The molecule has 0 amide bonds. The molecule has 0 spiro atoms. The second-order valence-corrected chi connectivity index (χ2v) is 19.7. The molecule has 10 aromatic carbocycles. The minimum Gasteiger partial charge on any atom is -0.455 e. The molecule has 0 saturated heterocycles. The molecule has 1 aliphatic heterocycles. The van der Waals surface area contributed by atoms with Gasteiger partial charge in [0.05, 0.1) is 0 Å². The number of furan rings is 1. The maximum absolute atomic E-state index is 7.01. The van der Waals surface area contributed by atoms with Gasteiger partial charge >= 0.3 is 0 Å². The molecule has 0 fully saturated rings. The molecule has 13 rings (SSSR count). The Morgan fingerprint density at radius 1 is 0.437 bits per heavy atom. The van der Waals surface area contributed by atoms with Crippen LogP contribution in [0.1, 0.15) is 36.2 Å². The maximum atomic E-state index is 7.01. The molecule has 1 aliphatic rings. The van der Waals surface area contributed by atoms with Gasteiger partial charge in [-0.05, 0) is 104 Å². The second-order valence-electron chi connectivity index (χ2n) is 18.7. The van der Waals surface area contributed by atoms with E-state index in [2.05, 4.69) is 255 Å². The van der Waals surface area contributed by atoms with E-state index in [1.54, 1.807) is 0 Å². The van der Waals surface area contributed by atoms with E-state index in [9.17, 15) is 0 Å². The monoisotopic (exact) mass is 928 g/mol. The number of aliphatic imine (C=N–C) groups is 1. The third-order valence-corrected chi connectivity index (χ3v) is 15.3. The van der Waals surface area contributed by atoms with E-state index in [4.69, 9.17) is 9.41 Å². The van der Waals surface area contributed by atoms with Crippen molar-refractivity contribution in [2.45, 2.75) is 19.5 Å². The summed E-state index contributed by atoms with van der Waals surface area (Å²) in [5.74, 6) is 0.222. The van der Waals surface area contributed by atoms with Crippen molar-refractivity contribution in [1.29, 1.82) is 0 Å². The standard InChI is InChI=1S/C67H48N2OS/c1-43-28-38-59(68-67(51-22-12-5-13-23-51)69-65(43)50-20-10-4-11-21-50)55-25-15-27-62-64(55)57-40-52(37-39-61(57)71-62)54-24-14-26-60-63(54)58-42-53(48-31-29-46(30-32-48)44-16-6-2-7-17-44)41-56(66(58)70-60)49-35-33-47(34-36-49)45-18-8-3-9-19-45/h2-27,29-43,67-68H,28H2,1H3/b59-38+,69-65?. The predicted octanol–water partition coefficient (Wildman–Crippen LogP) is 18.4. The summed E-state index contributed by atoms with van der Waals surface area (Å²) >= 11 is 1.85. The second kappa shape index (κ2) is 18.1. The number of hydrogen-bond acceptors (Lipinski definition) is 4. The van der Waals surface area contributed by atoms with Crippen LogP contribution in [-0.4, -0.2) is 5.71 Å². The Morgan fingerprint density at radius 2 is 0.986 bits per heavy atom. The summed E-state index contributed by atoms with van der Waals surface area (Å²) in [6.07, 6.45) is 2.99. The zero-order chi connectivity index (χ0) is 47.3. The summed E-state index contributed by atoms with van der Waals surface area (Å²) in [7, 11) is 0. The van der Waals surface area contributed by atoms with Gasteiger partial charge in [-0.3, -0.25) is 4.99 Å². The summed E-state index contributed by atoms with van der Waals surface area (Å²) in [6.45, 7) is 2.30. The van der Waals surface area contributed by atoms with Crippen molar-refractivity contribution in [2.24, 2.45) is 10.9 Å². The molecule has 0 saturated carbocycles. The van der Waals surface area contributed by atoms with Crippen LogP contribution in [0.4, 0.5) is 0 Å². The lowest BCUT2D eigenvalue weighted by molar-refractivity contribution is 0.642. The quantitative estimate of drug-likeness (QED) is 0.165. The Balaban J connectivity index is 0.954. The van der Waals surface area contributed by atoms with E-state index in [0.29, 0.717) is 0 Å². The van der Waals surface area contributed by atoms with Gasteiger partial charge in [0.1, 0.15) is 17.3 Å². The van der Waals surface area contributed by atoms with Crippen molar-refractivity contribution in [3.05, 3.63) is 259 Å². The largest absolute Gasteiger partial charge is 0.455 e. The van der Waals surface area contributed by atoms with Crippen LogP contribution in [0.2, 0.25) is 0 Å². The molecule has 338 valence electrons. The average Bonchev–Trinajstić information content (AvgIpc) is 4.02. The fourth-order valence-electron chi connectivity index (χ4n) is 10.6. The van der Waals surface area contributed by atoms with Crippen LogP contribution in [0.25, 0.3) is 103 Å². The van der Waals surface area contributed by atoms with Crippen LogP contribution in [0.3, 0.4) is 0 Å². The highest BCUT2D eigenvalue weighted by Crippen LogP contribution is 2.46. The van der Waals surface area contributed by atoms with Crippen LogP contribution in [0, 0.1) is 5.92 Å². The van der Waals surface area contributed by atoms with Crippen LogP contribution in [0.5, 0.6) is 0 Å². The number of hydrogen-bond donors (Lipinski definition) is 1. The molecule has 71 heavy (non-hydrogen) atoms. The average molecular weight is 929 g/mol. The van der Waals surface area contributed by atoms with E-state index in [-0.39, 0.29) is 12.1 Å². The van der Waals surface area contributed by atoms with E-state index < -0.39 is 0 Å². The van der Waals surface area contributed by atoms with Crippen LogP contribution < -0.4 is 5.32 Å². The minimum absolute atomic E-state index is 0.222. The maximum Gasteiger partial charge on any atom is 0.145 e. The predicted molar refractivity (Wildman–Crippen MR) is 301 cm³/mol. The molecular formula is C67H48N2OS. The van der Waals surface area contributed by atoms with Gasteiger partial charge in [0.25, 0.3) is 0 Å². The van der Waals surface area contributed by atoms with E-state index in [1.807, 2.05) is 11.3 Å². The first-order valence-electron chi connectivity index (χ1n) is 24.5. The molecule has 0 radical (unpaired) electrons. The van der Waals surface area contributed by atoms with E-state index in [0.717, 1.165) is 78.7 Å². The third kappa shape index (κ3) is 7.93. The molecule has 2 atom stereocenters. The minimum atomic E-state index is -0.263. The first kappa shape index (κ1) is 42.5. The van der Waals surface area contributed by atoms with Crippen LogP contribution in [-0.2, 0) is 0 Å². The highest BCUT2D eigenvalue weighted by Gasteiger charge is 2.24. The molecule has 0 bridgehead atoms. The Hall–Kier alpha value is -8.57. The molecule has 2 unspecified atom stereocenters. The van der Waals surface area contributed by atoms with Crippen molar-refractivity contribution in [1.82, 2.24) is 5.32 Å². The number of nitrogens with zero attached hydrogens (tertiary/aromatic N) is 1. The van der Waals surface area contributed by atoms with Crippen LogP contribution >= 0.6 is 11.3 Å². The lowest BCUT2D eigenvalue weighted by atomic mass is 9.91. The Kier molecular flexibility index (Phi) is 10.8. The van der Waals surface area contributed by atoms with Gasteiger partial charge in [0.2, 0.25) is 0 Å². The SMILES string of the molecule is CC1C/C=C(\c2cccc3sc4ccc(-c5cccc6oc7c(-c8ccc(-c9ccccc9)cc8)cc(-c8ccc(-c9ccccc9)cc8)cc7c56)cc4c23)NC(c2ccccc2)N=C1c1ccccc1. The summed E-state index contributed by atoms with van der Waals surface area (Å²) in [5.41, 5.74) is 19.0. The molecule has 2 aromatic heterocycles.